The minimum absolute atomic E-state index is 0.683. The van der Waals surface area contributed by atoms with Gasteiger partial charge in [-0.3, -0.25) is 0 Å². The number of aryl methyl sites for hydroxylation is 1. The summed E-state index contributed by atoms with van der Waals surface area (Å²) in [5, 5.41) is 2.94. The first kappa shape index (κ1) is 6.55. The van der Waals surface area contributed by atoms with Gasteiger partial charge >= 0.3 is 0 Å². The minimum Gasteiger partial charge on any atom is -0.226 e. The lowest BCUT2D eigenvalue weighted by Crippen LogP contribution is -1.53. The van der Waals surface area contributed by atoms with Crippen molar-refractivity contribution in [2.45, 2.75) is 6.92 Å². The number of isothiocyanates is 1. The highest BCUT2D eigenvalue weighted by molar-refractivity contribution is 7.78. The zero-order valence-electron chi connectivity index (χ0n) is 4.79. The topological polar surface area (TPSA) is 25.2 Å². The maximum absolute atomic E-state index is 4.39. The third-order valence-corrected chi connectivity index (χ3v) is 1.65. The third kappa shape index (κ3) is 1.68. The molecule has 0 N–H and O–H groups in total. The van der Waals surface area contributed by atoms with E-state index in [0.29, 0.717) is 5.13 Å². The van der Waals surface area contributed by atoms with Crippen molar-refractivity contribution >= 4 is 33.8 Å². The number of aromatic nitrogens is 1. The predicted molar refractivity (Wildman–Crippen MR) is 41.5 cm³/mol. The Morgan fingerprint density at radius 1 is 1.89 bits per heavy atom. The van der Waals surface area contributed by atoms with E-state index in [4.69, 9.17) is 0 Å². The second-order valence-corrected chi connectivity index (χ2v) is 2.85. The van der Waals surface area contributed by atoms with Gasteiger partial charge in [-0.05, 0) is 19.1 Å². The van der Waals surface area contributed by atoms with Crippen molar-refractivity contribution in [1.29, 1.82) is 0 Å². The Hall–Kier alpha value is -0.570. The van der Waals surface area contributed by atoms with Crippen LogP contribution in [0.4, 0.5) is 5.13 Å². The Morgan fingerprint density at radius 2 is 2.67 bits per heavy atom. The van der Waals surface area contributed by atoms with E-state index in [-0.39, 0.29) is 0 Å². The lowest BCUT2D eigenvalue weighted by molar-refractivity contribution is 1.35. The third-order valence-electron chi connectivity index (χ3n) is 0.750. The van der Waals surface area contributed by atoms with Gasteiger partial charge in [0.25, 0.3) is 0 Å². The average molecular weight is 156 g/mol. The van der Waals surface area contributed by atoms with Gasteiger partial charge in [0.2, 0.25) is 5.13 Å². The number of hydrogen-bond donors (Lipinski definition) is 0. The molecule has 0 saturated carbocycles. The summed E-state index contributed by atoms with van der Waals surface area (Å²) in [6, 6.07) is 0. The van der Waals surface area contributed by atoms with Crippen molar-refractivity contribution in [2.24, 2.45) is 4.99 Å². The first-order valence-electron chi connectivity index (χ1n) is 2.33. The highest BCUT2D eigenvalue weighted by Gasteiger charge is 1.91. The number of aliphatic imine (C=N–C) groups is 1. The summed E-state index contributed by atoms with van der Waals surface area (Å²) in [6.07, 6.45) is 1.76. The molecular formula is C5H4N2S2. The van der Waals surface area contributed by atoms with E-state index in [0.717, 1.165) is 4.88 Å². The van der Waals surface area contributed by atoms with Crippen molar-refractivity contribution in [3.8, 4) is 0 Å². The summed E-state index contributed by atoms with van der Waals surface area (Å²) in [5.74, 6) is 0. The quantitative estimate of drug-likeness (QED) is 0.460. The normalized spacial score (nSPS) is 8.56. The maximum atomic E-state index is 4.39. The van der Waals surface area contributed by atoms with Crippen LogP contribution in [0.1, 0.15) is 4.88 Å². The van der Waals surface area contributed by atoms with Crippen LogP contribution in [0.15, 0.2) is 11.2 Å². The van der Waals surface area contributed by atoms with Gasteiger partial charge in [0.05, 0.1) is 5.16 Å². The molecule has 9 heavy (non-hydrogen) atoms. The molecule has 1 heterocycles. The van der Waals surface area contributed by atoms with Crippen LogP contribution in [-0.2, 0) is 0 Å². The van der Waals surface area contributed by atoms with Crippen LogP contribution >= 0.6 is 23.6 Å². The Bertz CT molecular complexity index is 247. The highest BCUT2D eigenvalue weighted by atomic mass is 32.1. The molecule has 0 aliphatic heterocycles. The van der Waals surface area contributed by atoms with Crippen molar-refractivity contribution in [2.75, 3.05) is 0 Å². The Balaban J connectivity index is 2.97. The Kier molecular flexibility index (Phi) is 2.05. The molecule has 0 aliphatic carbocycles. The zero-order chi connectivity index (χ0) is 6.69. The first-order chi connectivity index (χ1) is 4.33. The van der Waals surface area contributed by atoms with Gasteiger partial charge in [-0.2, -0.15) is 4.99 Å². The van der Waals surface area contributed by atoms with E-state index < -0.39 is 0 Å². The zero-order valence-corrected chi connectivity index (χ0v) is 6.42. The summed E-state index contributed by atoms with van der Waals surface area (Å²) in [6.45, 7) is 1.97. The summed E-state index contributed by atoms with van der Waals surface area (Å²) >= 11 is 5.90. The predicted octanol–water partition coefficient (Wildman–Crippen LogP) is 2.19. The van der Waals surface area contributed by atoms with Crippen LogP contribution in [0.5, 0.6) is 0 Å². The molecule has 0 amide bonds. The van der Waals surface area contributed by atoms with Gasteiger partial charge in [-0.1, -0.05) is 11.3 Å². The number of nitrogens with zero attached hydrogens (tertiary/aromatic N) is 2. The van der Waals surface area contributed by atoms with Crippen LogP contribution < -0.4 is 0 Å². The first-order valence-corrected chi connectivity index (χ1v) is 3.55. The molecule has 4 heteroatoms. The SMILES string of the molecule is Cc1cnc(N=C=S)s1. The fraction of sp³-hybridized carbons (Fsp3) is 0.200. The Labute approximate surface area is 62.3 Å². The molecule has 2 nitrogen and oxygen atoms in total. The molecule has 0 atom stereocenters. The summed E-state index contributed by atoms with van der Waals surface area (Å²) in [5.41, 5.74) is 0. The fourth-order valence-corrected chi connectivity index (χ4v) is 1.17. The number of hydrogen-bond acceptors (Lipinski definition) is 4. The number of thiazole rings is 1. The molecule has 0 bridgehead atoms. The van der Waals surface area contributed by atoms with Gasteiger partial charge in [0, 0.05) is 11.1 Å². The minimum atomic E-state index is 0.683. The van der Waals surface area contributed by atoms with Gasteiger partial charge in [-0.15, -0.1) is 0 Å². The molecule has 1 aromatic heterocycles. The van der Waals surface area contributed by atoms with E-state index >= 15 is 0 Å². The molecule has 46 valence electrons. The molecule has 0 radical (unpaired) electrons. The van der Waals surface area contributed by atoms with E-state index in [2.05, 4.69) is 27.4 Å². The maximum Gasteiger partial charge on any atom is 0.218 e. The van der Waals surface area contributed by atoms with Crippen molar-refractivity contribution in [1.82, 2.24) is 4.98 Å². The van der Waals surface area contributed by atoms with Crippen LogP contribution in [0.3, 0.4) is 0 Å². The molecule has 0 saturated heterocycles. The van der Waals surface area contributed by atoms with E-state index in [1.165, 1.54) is 11.3 Å². The molecule has 0 fully saturated rings. The molecule has 1 aromatic rings. The lowest BCUT2D eigenvalue weighted by Gasteiger charge is -1.71. The smallest absolute Gasteiger partial charge is 0.218 e. The summed E-state index contributed by atoms with van der Waals surface area (Å²) in [4.78, 5) is 8.77. The van der Waals surface area contributed by atoms with Crippen molar-refractivity contribution in [3.05, 3.63) is 11.1 Å². The highest BCUT2D eigenvalue weighted by Crippen LogP contribution is 2.18. The van der Waals surface area contributed by atoms with Gasteiger partial charge < -0.3 is 0 Å². The molecule has 0 aromatic carbocycles. The second kappa shape index (κ2) is 2.82. The standard InChI is InChI=1S/C5H4N2S2/c1-4-2-6-5(9-4)7-3-8/h2H,1H3. The van der Waals surface area contributed by atoms with Gasteiger partial charge in [0.1, 0.15) is 0 Å². The van der Waals surface area contributed by atoms with Crippen molar-refractivity contribution < 1.29 is 0 Å². The number of rotatable bonds is 1. The fourth-order valence-electron chi connectivity index (χ4n) is 0.434. The second-order valence-electron chi connectivity index (χ2n) is 1.46. The van der Waals surface area contributed by atoms with Crippen LogP contribution in [0.25, 0.3) is 0 Å². The van der Waals surface area contributed by atoms with Crippen LogP contribution in [-0.4, -0.2) is 10.1 Å². The van der Waals surface area contributed by atoms with E-state index in [9.17, 15) is 0 Å². The molecular weight excluding hydrogens is 152 g/mol. The Morgan fingerprint density at radius 3 is 3.11 bits per heavy atom. The van der Waals surface area contributed by atoms with Crippen LogP contribution in [0, 0.1) is 6.92 Å². The summed E-state index contributed by atoms with van der Waals surface area (Å²) in [7, 11) is 0. The molecule has 1 rings (SSSR count). The van der Waals surface area contributed by atoms with Gasteiger partial charge in [-0.25, -0.2) is 4.98 Å². The molecule has 0 spiro atoms. The van der Waals surface area contributed by atoms with Crippen molar-refractivity contribution in [3.63, 3.8) is 0 Å². The van der Waals surface area contributed by atoms with E-state index in [1.54, 1.807) is 6.20 Å². The van der Waals surface area contributed by atoms with Crippen LogP contribution in [0.2, 0.25) is 0 Å². The molecule has 0 unspecified atom stereocenters. The summed E-state index contributed by atoms with van der Waals surface area (Å²) < 4.78 is 0. The van der Waals surface area contributed by atoms with Gasteiger partial charge in [0.15, 0.2) is 0 Å². The lowest BCUT2D eigenvalue weighted by atomic mass is 10.7. The average Bonchev–Trinajstić information content (AvgIpc) is 2.17. The number of thiocarbonyl (C=S) groups is 1. The monoisotopic (exact) mass is 156 g/mol. The largest absolute Gasteiger partial charge is 0.226 e. The van der Waals surface area contributed by atoms with E-state index in [1.807, 2.05) is 6.92 Å². The molecule has 0 aliphatic rings.